The Balaban J connectivity index is 0.00000283. The van der Waals surface area contributed by atoms with Crippen molar-refractivity contribution in [3.05, 3.63) is 206 Å². The van der Waals surface area contributed by atoms with Gasteiger partial charge >= 0.3 is 352 Å². The summed E-state index contributed by atoms with van der Waals surface area (Å²) in [5.41, 5.74) is 16.0. The Morgan fingerprint density at radius 1 is 0.586 bits per heavy atom. The van der Waals surface area contributed by atoms with Crippen molar-refractivity contribution in [3.8, 4) is 22.3 Å². The van der Waals surface area contributed by atoms with Crippen molar-refractivity contribution in [2.45, 2.75) is 84.5 Å². The van der Waals surface area contributed by atoms with E-state index in [0.717, 1.165) is 12.8 Å². The minimum absolute atomic E-state index is 0. The second-order valence-electron chi connectivity index (χ2n) is 18.3. The van der Waals surface area contributed by atoms with Crippen LogP contribution in [0.4, 0.5) is 0 Å². The van der Waals surface area contributed by atoms with Crippen LogP contribution in [0.5, 0.6) is 0 Å². The van der Waals surface area contributed by atoms with E-state index in [0.29, 0.717) is 0 Å². The van der Waals surface area contributed by atoms with Crippen LogP contribution in [0, 0.1) is 10.4 Å². The van der Waals surface area contributed by atoms with Crippen LogP contribution in [-0.4, -0.2) is 0 Å². The second kappa shape index (κ2) is 16.9. The molecule has 0 heterocycles. The zero-order valence-electron chi connectivity index (χ0n) is 35.1. The van der Waals surface area contributed by atoms with Gasteiger partial charge < -0.3 is 24.8 Å². The van der Waals surface area contributed by atoms with E-state index < -0.39 is 0 Å². The molecule has 0 saturated carbocycles. The first-order valence-electron chi connectivity index (χ1n) is 20.2. The Morgan fingerprint density at radius 2 is 1.14 bits per heavy atom. The van der Waals surface area contributed by atoms with Crippen molar-refractivity contribution in [2.75, 3.05) is 0 Å². The van der Waals surface area contributed by atoms with E-state index in [4.69, 9.17) is 0 Å². The van der Waals surface area contributed by atoms with Crippen molar-refractivity contribution in [3.63, 3.8) is 0 Å². The molecular weight excluding hydrogens is 823 g/mol. The van der Waals surface area contributed by atoms with E-state index in [1.165, 1.54) is 116 Å². The minimum atomic E-state index is -0.282. The molecule has 2 aliphatic carbocycles. The van der Waals surface area contributed by atoms with Gasteiger partial charge in [0.15, 0.2) is 0 Å². The molecule has 0 fully saturated rings. The normalized spacial score (nSPS) is 14.0. The predicted molar refractivity (Wildman–Crippen MR) is 235 cm³/mol. The van der Waals surface area contributed by atoms with E-state index in [9.17, 15) is 0 Å². The van der Waals surface area contributed by atoms with Crippen LogP contribution >= 0.6 is 0 Å². The van der Waals surface area contributed by atoms with Crippen molar-refractivity contribution >= 4 is 14.4 Å². The molecule has 0 bridgehead atoms. The van der Waals surface area contributed by atoms with Crippen LogP contribution in [0.15, 0.2) is 152 Å². The third-order valence-corrected chi connectivity index (χ3v) is 13.3. The Bertz CT molecular complexity index is 2750. The summed E-state index contributed by atoms with van der Waals surface area (Å²) in [6.45, 7) is 19.4. The van der Waals surface area contributed by atoms with Gasteiger partial charge in [0.1, 0.15) is 0 Å². The second-order valence-corrected chi connectivity index (χ2v) is 19.5. The third kappa shape index (κ3) is 7.88. The van der Waals surface area contributed by atoms with Gasteiger partial charge in [0.2, 0.25) is 0 Å². The van der Waals surface area contributed by atoms with Gasteiger partial charge in [-0.05, 0) is 0 Å². The first kappa shape index (κ1) is 43.6. The first-order chi connectivity index (χ1) is 26.8. The van der Waals surface area contributed by atoms with Gasteiger partial charge in [0, 0.05) is 0 Å². The van der Waals surface area contributed by atoms with E-state index >= 15 is 0 Å². The predicted octanol–water partition coefficient (Wildman–Crippen LogP) is 6.64. The molecule has 0 nitrogen and oxygen atoms in total. The smallest absolute Gasteiger partial charge is 1.00 e. The Hall–Kier alpha value is -4.00. The van der Waals surface area contributed by atoms with Crippen molar-refractivity contribution in [1.29, 1.82) is 0 Å². The summed E-state index contributed by atoms with van der Waals surface area (Å²) in [4.78, 5) is 0. The van der Waals surface area contributed by atoms with Crippen LogP contribution in [0.25, 0.3) is 36.7 Å². The maximum absolute atomic E-state index is 2.60. The molecule has 0 atom stereocenters. The number of hydrogen-bond acceptors (Lipinski definition) is 0. The van der Waals surface area contributed by atoms with Crippen molar-refractivity contribution < 1.29 is 49.5 Å². The molecule has 6 aromatic rings. The largest absolute Gasteiger partial charge is 1.00 e. The summed E-state index contributed by atoms with van der Waals surface area (Å²) >= 11 is 1.44. The monoisotopic (exact) mass is 873 g/mol. The van der Waals surface area contributed by atoms with Gasteiger partial charge in [0.05, 0.1) is 0 Å². The summed E-state index contributed by atoms with van der Waals surface area (Å²) in [5.74, 6) is 0. The summed E-state index contributed by atoms with van der Waals surface area (Å²) in [6, 6.07) is 50.0. The average Bonchev–Trinajstić information content (AvgIpc) is 3.83. The van der Waals surface area contributed by atoms with Crippen molar-refractivity contribution in [2.24, 2.45) is 0 Å². The van der Waals surface area contributed by atoms with E-state index in [1.54, 1.807) is 0 Å². The molecule has 3 heteroatoms. The molecule has 2 aliphatic rings. The fraction of sp³-hybridized carbons (Fsp3) is 0.236. The van der Waals surface area contributed by atoms with E-state index in [1.807, 2.05) is 0 Å². The molecule has 0 aliphatic heterocycles. The number of allylic oxidation sites excluding steroid dienone is 4. The van der Waals surface area contributed by atoms with Gasteiger partial charge in [-0.3, -0.25) is 0 Å². The molecule has 0 amide bonds. The molecule has 6 aromatic carbocycles. The summed E-state index contributed by atoms with van der Waals surface area (Å²) in [6.07, 6.45) is 8.78. The molecule has 0 radical (unpaired) electrons. The van der Waals surface area contributed by atoms with Gasteiger partial charge in [-0.25, -0.2) is 0 Å². The molecule has 8 rings (SSSR count). The van der Waals surface area contributed by atoms with Crippen LogP contribution in [0.2, 0.25) is 0 Å². The number of rotatable bonds is 7. The molecular formula is C55H53Cl2Zr. The Morgan fingerprint density at radius 3 is 1.67 bits per heavy atom. The molecule has 0 unspecified atom stereocenters. The zero-order valence-corrected chi connectivity index (χ0v) is 39.1. The summed E-state index contributed by atoms with van der Waals surface area (Å²) in [5, 5.41) is 5.64. The molecule has 0 aromatic heterocycles. The number of halogens is 2. The van der Waals surface area contributed by atoms with Crippen LogP contribution in [-0.2, 0) is 47.4 Å². The van der Waals surface area contributed by atoms with Crippen molar-refractivity contribution in [1.82, 2.24) is 0 Å². The maximum atomic E-state index is 2.60. The average molecular weight is 876 g/mol. The van der Waals surface area contributed by atoms with Crippen LogP contribution < -0.4 is 35.3 Å². The number of fused-ring (bicyclic) bond motifs is 2. The number of hydrogen-bond donors (Lipinski definition) is 0. The summed E-state index contributed by atoms with van der Waals surface area (Å²) in [7, 11) is 0. The minimum Gasteiger partial charge on any atom is -1.00 e. The quantitative estimate of drug-likeness (QED) is 0.169. The molecule has 291 valence electrons. The van der Waals surface area contributed by atoms with Crippen LogP contribution in [0.1, 0.15) is 95.2 Å². The first-order valence-corrected chi connectivity index (χ1v) is 21.5. The maximum Gasteiger partial charge on any atom is -1.00 e. The third-order valence-electron chi connectivity index (χ3n) is 12.0. The van der Waals surface area contributed by atoms with Gasteiger partial charge in [-0.15, -0.1) is 0 Å². The molecule has 0 saturated heterocycles. The Labute approximate surface area is 373 Å². The molecule has 0 spiro atoms. The topological polar surface area (TPSA) is 0 Å². The summed E-state index contributed by atoms with van der Waals surface area (Å²) < 4.78 is 1.46. The Kier molecular flexibility index (Phi) is 12.7. The SMILES string of the molecule is CC(C)(C)c1cc2c(cc1-c1ccccc1)=[C]([Zr+2])c1c(C3=CC=CC3)c(-c3ccccc3)c(C(C)(C)C)c(=C(Cc3ccccc3)C(C)(C)c3ccccc3)c1=2.[Cl-].[Cl-]. The fourth-order valence-electron chi connectivity index (χ4n) is 9.24. The standard InChI is InChI=1S/C55H53.2ClH.Zr/c1-53(2,3)46-36-44-41(34-43(46)38-25-15-10-16-26-38)35-45-48(39-29-21-22-30-39)49(40-27-17-11-18-28-40)52(54(4,5)6)51(50(44)45)47(33-37-23-13-9-14-24-37)55(7,8)42-31-19-12-20-32-42;;;/h9-29,31-32,34,36H,30,33H2,1-8H3;2*1H;/q;;;+2/p-2. The number of benzene rings is 6. The molecule has 58 heavy (non-hydrogen) atoms. The van der Waals surface area contributed by atoms with Gasteiger partial charge in [-0.2, -0.15) is 0 Å². The molecule has 0 N–H and O–H groups in total. The van der Waals surface area contributed by atoms with Gasteiger partial charge in [0.25, 0.3) is 0 Å². The van der Waals surface area contributed by atoms with E-state index in [2.05, 4.69) is 207 Å². The fourth-order valence-corrected chi connectivity index (χ4v) is 10.4. The van der Waals surface area contributed by atoms with Crippen LogP contribution in [0.3, 0.4) is 0 Å². The van der Waals surface area contributed by atoms with E-state index in [-0.39, 0.29) is 41.1 Å². The zero-order chi connectivity index (χ0) is 39.4. The van der Waals surface area contributed by atoms with Gasteiger partial charge in [-0.1, -0.05) is 0 Å².